The number of halogens is 1. The number of pyridine rings is 1. The van der Waals surface area contributed by atoms with E-state index in [1.807, 2.05) is 45.0 Å². The molecule has 0 aliphatic carbocycles. The maximum atomic E-state index is 14.1. The SMILES string of the molecule is Cc1ccc(COc2cc(C)c(C)cc2N(C[C@@H](C)F)S(=O)(=O)c2ccccn2)cc1. The minimum Gasteiger partial charge on any atom is -0.487 e. The Morgan fingerprint density at radius 3 is 2.32 bits per heavy atom. The summed E-state index contributed by atoms with van der Waals surface area (Å²) < 4.78 is 48.0. The van der Waals surface area contributed by atoms with E-state index < -0.39 is 16.2 Å². The monoisotopic (exact) mass is 442 g/mol. The van der Waals surface area contributed by atoms with Gasteiger partial charge in [0.2, 0.25) is 0 Å². The molecule has 31 heavy (non-hydrogen) atoms. The third kappa shape index (κ3) is 5.41. The van der Waals surface area contributed by atoms with Gasteiger partial charge in [-0.3, -0.25) is 4.31 Å². The first-order valence-electron chi connectivity index (χ1n) is 10.1. The van der Waals surface area contributed by atoms with E-state index in [0.29, 0.717) is 11.4 Å². The molecule has 0 unspecified atom stereocenters. The predicted molar refractivity (Wildman–Crippen MR) is 121 cm³/mol. The molecule has 1 atom stereocenters. The van der Waals surface area contributed by atoms with E-state index in [1.165, 1.54) is 19.2 Å². The van der Waals surface area contributed by atoms with Crippen LogP contribution in [0.2, 0.25) is 0 Å². The van der Waals surface area contributed by atoms with E-state index in [1.54, 1.807) is 24.3 Å². The lowest BCUT2D eigenvalue weighted by molar-refractivity contribution is 0.306. The summed E-state index contributed by atoms with van der Waals surface area (Å²) in [6, 6.07) is 16.0. The quantitative estimate of drug-likeness (QED) is 0.485. The largest absolute Gasteiger partial charge is 0.487 e. The van der Waals surface area contributed by atoms with Crippen molar-refractivity contribution in [2.75, 3.05) is 10.8 Å². The van der Waals surface area contributed by atoms with E-state index in [0.717, 1.165) is 26.6 Å². The molecule has 0 aliphatic rings. The Bertz CT molecular complexity index is 1130. The summed E-state index contributed by atoms with van der Waals surface area (Å²) in [4.78, 5) is 3.98. The number of ether oxygens (including phenoxy) is 1. The summed E-state index contributed by atoms with van der Waals surface area (Å²) in [5, 5.41) is -0.140. The van der Waals surface area contributed by atoms with Gasteiger partial charge in [0, 0.05) is 6.20 Å². The summed E-state index contributed by atoms with van der Waals surface area (Å²) in [7, 11) is -4.09. The highest BCUT2D eigenvalue weighted by atomic mass is 32.2. The molecule has 164 valence electrons. The van der Waals surface area contributed by atoms with Crippen LogP contribution < -0.4 is 9.04 Å². The van der Waals surface area contributed by atoms with E-state index >= 15 is 0 Å². The van der Waals surface area contributed by atoms with Crippen LogP contribution in [-0.4, -0.2) is 26.1 Å². The van der Waals surface area contributed by atoms with Crippen LogP contribution in [0.15, 0.2) is 65.8 Å². The molecule has 0 N–H and O–H groups in total. The summed E-state index contributed by atoms with van der Waals surface area (Å²) >= 11 is 0. The van der Waals surface area contributed by atoms with Crippen molar-refractivity contribution in [2.24, 2.45) is 0 Å². The molecule has 0 saturated heterocycles. The van der Waals surface area contributed by atoms with Gasteiger partial charge in [0.25, 0.3) is 10.0 Å². The second-order valence-electron chi connectivity index (χ2n) is 7.66. The summed E-state index contributed by atoms with van der Waals surface area (Å²) in [6.07, 6.45) is 0.0177. The van der Waals surface area contributed by atoms with Gasteiger partial charge < -0.3 is 4.74 Å². The molecule has 0 aliphatic heterocycles. The number of hydrogen-bond donors (Lipinski definition) is 0. The van der Waals surface area contributed by atoms with Gasteiger partial charge >= 0.3 is 0 Å². The van der Waals surface area contributed by atoms with Crippen LogP contribution in [0, 0.1) is 20.8 Å². The highest BCUT2D eigenvalue weighted by Gasteiger charge is 2.30. The topological polar surface area (TPSA) is 59.5 Å². The molecule has 0 saturated carbocycles. The Morgan fingerprint density at radius 2 is 1.71 bits per heavy atom. The highest BCUT2D eigenvalue weighted by molar-refractivity contribution is 7.92. The first-order valence-corrected chi connectivity index (χ1v) is 11.5. The Labute approximate surface area is 183 Å². The van der Waals surface area contributed by atoms with E-state index in [4.69, 9.17) is 4.74 Å². The molecular formula is C24H27FN2O3S. The zero-order chi connectivity index (χ0) is 22.6. The van der Waals surface area contributed by atoms with Crippen LogP contribution >= 0.6 is 0 Å². The maximum absolute atomic E-state index is 14.1. The van der Waals surface area contributed by atoms with Crippen molar-refractivity contribution in [2.45, 2.75) is 45.5 Å². The fourth-order valence-electron chi connectivity index (χ4n) is 3.10. The number of rotatable bonds is 8. The number of benzene rings is 2. The molecule has 3 rings (SSSR count). The molecule has 1 aromatic heterocycles. The lowest BCUT2D eigenvalue weighted by Crippen LogP contribution is -2.36. The van der Waals surface area contributed by atoms with Gasteiger partial charge in [0.15, 0.2) is 5.03 Å². The second-order valence-corrected chi connectivity index (χ2v) is 9.47. The summed E-state index contributed by atoms with van der Waals surface area (Å²) in [6.45, 7) is 7.06. The summed E-state index contributed by atoms with van der Waals surface area (Å²) in [5.41, 5.74) is 4.22. The zero-order valence-corrected chi connectivity index (χ0v) is 19.0. The molecule has 0 bridgehead atoms. The van der Waals surface area contributed by atoms with Crippen LogP contribution in [0.4, 0.5) is 10.1 Å². The van der Waals surface area contributed by atoms with E-state index in [-0.39, 0.29) is 18.2 Å². The fraction of sp³-hybridized carbons (Fsp3) is 0.292. The third-order valence-corrected chi connectivity index (χ3v) is 6.66. The van der Waals surface area contributed by atoms with E-state index in [2.05, 4.69) is 4.98 Å². The first-order chi connectivity index (χ1) is 14.7. The fourth-order valence-corrected chi connectivity index (χ4v) is 4.57. The van der Waals surface area contributed by atoms with Gasteiger partial charge in [-0.2, -0.15) is 8.42 Å². The lowest BCUT2D eigenvalue weighted by Gasteiger charge is -2.27. The molecule has 0 spiro atoms. The maximum Gasteiger partial charge on any atom is 0.282 e. The minimum atomic E-state index is -4.09. The van der Waals surface area contributed by atoms with Crippen LogP contribution in [0.1, 0.15) is 29.2 Å². The minimum absolute atomic E-state index is 0.140. The molecule has 1 heterocycles. The number of hydrogen-bond acceptors (Lipinski definition) is 4. The second kappa shape index (κ2) is 9.47. The number of anilines is 1. The lowest BCUT2D eigenvalue weighted by atomic mass is 10.1. The predicted octanol–water partition coefficient (Wildman–Crippen LogP) is 5.14. The van der Waals surface area contributed by atoms with Gasteiger partial charge in [-0.25, -0.2) is 9.37 Å². The molecule has 7 heteroatoms. The van der Waals surface area contributed by atoms with Crippen molar-refractivity contribution >= 4 is 15.7 Å². The molecule has 3 aromatic rings. The Morgan fingerprint density at radius 1 is 1.03 bits per heavy atom. The van der Waals surface area contributed by atoms with Crippen molar-refractivity contribution in [3.8, 4) is 5.75 Å². The molecular weight excluding hydrogens is 415 g/mol. The van der Waals surface area contributed by atoms with Gasteiger partial charge in [0.1, 0.15) is 18.5 Å². The van der Waals surface area contributed by atoms with E-state index in [9.17, 15) is 12.8 Å². The van der Waals surface area contributed by atoms with Crippen LogP contribution in [0.5, 0.6) is 5.75 Å². The van der Waals surface area contributed by atoms with Crippen molar-refractivity contribution in [1.82, 2.24) is 4.98 Å². The highest BCUT2D eigenvalue weighted by Crippen LogP contribution is 2.35. The van der Waals surface area contributed by atoms with Crippen LogP contribution in [0.3, 0.4) is 0 Å². The number of aromatic nitrogens is 1. The Balaban J connectivity index is 2.05. The average Bonchev–Trinajstić information content (AvgIpc) is 2.74. The Kier molecular flexibility index (Phi) is 6.95. The van der Waals surface area contributed by atoms with Crippen molar-refractivity contribution in [1.29, 1.82) is 0 Å². The zero-order valence-electron chi connectivity index (χ0n) is 18.2. The van der Waals surface area contributed by atoms with Gasteiger partial charge in [-0.05, 0) is 68.7 Å². The Hall–Kier alpha value is -2.93. The molecule has 0 radical (unpaired) electrons. The number of alkyl halides is 1. The first kappa shape index (κ1) is 22.7. The van der Waals surface area contributed by atoms with Crippen molar-refractivity contribution < 1.29 is 17.5 Å². The molecule has 0 amide bonds. The number of sulfonamides is 1. The number of nitrogens with zero attached hydrogens (tertiary/aromatic N) is 2. The number of aryl methyl sites for hydroxylation is 3. The molecule has 0 fully saturated rings. The van der Waals surface area contributed by atoms with Gasteiger partial charge in [-0.1, -0.05) is 35.9 Å². The van der Waals surface area contributed by atoms with Crippen molar-refractivity contribution in [3.05, 3.63) is 83.0 Å². The average molecular weight is 443 g/mol. The smallest absolute Gasteiger partial charge is 0.282 e. The van der Waals surface area contributed by atoms with Gasteiger partial charge in [-0.15, -0.1) is 0 Å². The van der Waals surface area contributed by atoms with Crippen molar-refractivity contribution in [3.63, 3.8) is 0 Å². The van der Waals surface area contributed by atoms with Gasteiger partial charge in [0.05, 0.1) is 12.2 Å². The normalized spacial score (nSPS) is 12.4. The van der Waals surface area contributed by atoms with Crippen LogP contribution in [0.25, 0.3) is 0 Å². The molecule has 2 aromatic carbocycles. The van der Waals surface area contributed by atoms with Crippen LogP contribution in [-0.2, 0) is 16.6 Å². The third-order valence-electron chi connectivity index (χ3n) is 4.97. The summed E-state index contributed by atoms with van der Waals surface area (Å²) in [5.74, 6) is 0.379. The standard InChI is InChI=1S/C24H27FN2O3S/c1-17-8-10-21(11-9-17)16-30-23-14-19(3)18(2)13-22(23)27(15-20(4)25)31(28,29)24-7-5-6-12-26-24/h5-14,20H,15-16H2,1-4H3/t20-/m1/s1. The molecule has 5 nitrogen and oxygen atoms in total.